The normalized spacial score (nSPS) is 15.9. The maximum absolute atomic E-state index is 5.95. The lowest BCUT2D eigenvalue weighted by molar-refractivity contribution is 0.568. The molecular weight excluding hydrogens is 328 g/mol. The van der Waals surface area contributed by atoms with E-state index in [4.69, 9.17) is 5.73 Å². The maximum Gasteiger partial charge on any atom is 0.159 e. The molecule has 0 aromatic carbocycles. The molecule has 3 rings (SSSR count). The fraction of sp³-hybridized carbons (Fsp3) is 0.333. The van der Waals surface area contributed by atoms with Crippen molar-refractivity contribution in [3.8, 4) is 0 Å². The second-order valence-electron chi connectivity index (χ2n) is 4.15. The molecule has 2 heterocycles. The number of aryl methyl sites for hydroxylation is 1. The van der Waals surface area contributed by atoms with Crippen molar-refractivity contribution in [1.82, 2.24) is 9.97 Å². The van der Waals surface area contributed by atoms with Gasteiger partial charge in [-0.2, -0.15) is 0 Å². The van der Waals surface area contributed by atoms with Gasteiger partial charge in [0.05, 0.1) is 0 Å². The Bertz CT molecular complexity index is 521. The van der Waals surface area contributed by atoms with Crippen molar-refractivity contribution in [1.29, 1.82) is 0 Å². The summed E-state index contributed by atoms with van der Waals surface area (Å²) in [5.74, 6) is 0. The molecule has 2 aromatic rings. The van der Waals surface area contributed by atoms with Gasteiger partial charge in [-0.1, -0.05) is 0 Å². The molecule has 1 aliphatic carbocycles. The predicted octanol–water partition coefficient (Wildman–Crippen LogP) is 3.13. The molecule has 2 aromatic heterocycles. The number of hydrogen-bond donors (Lipinski definition) is 1. The van der Waals surface area contributed by atoms with Crippen molar-refractivity contribution < 1.29 is 0 Å². The molecule has 1 unspecified atom stereocenters. The quantitative estimate of drug-likeness (QED) is 0.798. The Morgan fingerprint density at radius 2 is 1.89 bits per heavy atom. The molecule has 0 aliphatic heterocycles. The summed E-state index contributed by atoms with van der Waals surface area (Å²) in [6.45, 7) is 0. The zero-order valence-corrected chi connectivity index (χ0v) is 13.4. The van der Waals surface area contributed by atoms with E-state index in [9.17, 15) is 0 Å². The Labute approximate surface area is 137 Å². The molecule has 2 N–H and O–H groups in total. The summed E-state index contributed by atoms with van der Waals surface area (Å²) in [7, 11) is 0. The van der Waals surface area contributed by atoms with Crippen LogP contribution < -0.4 is 5.73 Å². The molecule has 1 aliphatic rings. The first-order valence-corrected chi connectivity index (χ1v) is 5.32. The SMILES string of the molecule is Cl.Cl.Cl.Cl.NC1CCc2nc3ncccc3cc2C1. The highest BCUT2D eigenvalue weighted by Crippen LogP contribution is 2.22. The maximum atomic E-state index is 5.95. The standard InChI is InChI=1S/C12H13N3.4ClH/c13-10-3-4-11-9(7-10)6-8-2-1-5-14-12(8)15-11;;;;/h1-2,5-6,10H,3-4,7,13H2;4*1H. The van der Waals surface area contributed by atoms with Crippen LogP contribution in [0.2, 0.25) is 0 Å². The predicted molar refractivity (Wildman–Crippen MR) is 88.5 cm³/mol. The number of nitrogens with zero attached hydrogens (tertiary/aromatic N) is 2. The van der Waals surface area contributed by atoms with Crippen LogP contribution in [0.15, 0.2) is 24.4 Å². The minimum atomic E-state index is 0. The number of rotatable bonds is 0. The van der Waals surface area contributed by atoms with E-state index < -0.39 is 0 Å². The van der Waals surface area contributed by atoms with Gasteiger partial charge in [0.25, 0.3) is 0 Å². The fourth-order valence-corrected chi connectivity index (χ4v) is 2.19. The smallest absolute Gasteiger partial charge is 0.159 e. The van der Waals surface area contributed by atoms with E-state index in [1.54, 1.807) is 6.20 Å². The Balaban J connectivity index is 0. The molecule has 7 heteroatoms. The Morgan fingerprint density at radius 3 is 2.63 bits per heavy atom. The van der Waals surface area contributed by atoms with Crippen LogP contribution in [-0.4, -0.2) is 16.0 Å². The van der Waals surface area contributed by atoms with Gasteiger partial charge in [-0.25, -0.2) is 9.97 Å². The second-order valence-corrected chi connectivity index (χ2v) is 4.15. The number of halogens is 4. The summed E-state index contributed by atoms with van der Waals surface area (Å²) >= 11 is 0. The second kappa shape index (κ2) is 8.77. The summed E-state index contributed by atoms with van der Waals surface area (Å²) in [5.41, 5.74) is 9.29. The lowest BCUT2D eigenvalue weighted by Gasteiger charge is -2.20. The number of nitrogens with two attached hydrogens (primary N) is 1. The average Bonchev–Trinajstić information content (AvgIpc) is 2.26. The summed E-state index contributed by atoms with van der Waals surface area (Å²) in [6.07, 6.45) is 4.77. The largest absolute Gasteiger partial charge is 0.327 e. The van der Waals surface area contributed by atoms with E-state index in [2.05, 4.69) is 22.1 Å². The monoisotopic (exact) mass is 343 g/mol. The van der Waals surface area contributed by atoms with Crippen molar-refractivity contribution >= 4 is 60.7 Å². The van der Waals surface area contributed by atoms with Gasteiger partial charge in [-0.3, -0.25) is 0 Å². The highest BCUT2D eigenvalue weighted by Gasteiger charge is 2.17. The summed E-state index contributed by atoms with van der Waals surface area (Å²) in [5, 5.41) is 1.12. The lowest BCUT2D eigenvalue weighted by Crippen LogP contribution is -2.28. The lowest BCUT2D eigenvalue weighted by atomic mass is 9.92. The van der Waals surface area contributed by atoms with Gasteiger partial charge >= 0.3 is 0 Å². The Morgan fingerprint density at radius 1 is 1.16 bits per heavy atom. The van der Waals surface area contributed by atoms with Gasteiger partial charge in [-0.05, 0) is 43.0 Å². The van der Waals surface area contributed by atoms with Gasteiger partial charge in [0.2, 0.25) is 0 Å². The summed E-state index contributed by atoms with van der Waals surface area (Å²) in [6, 6.07) is 6.48. The van der Waals surface area contributed by atoms with E-state index >= 15 is 0 Å². The zero-order chi connectivity index (χ0) is 10.3. The van der Waals surface area contributed by atoms with Crippen molar-refractivity contribution in [2.24, 2.45) is 5.73 Å². The number of aromatic nitrogens is 2. The van der Waals surface area contributed by atoms with Crippen LogP contribution in [0, 0.1) is 0 Å². The molecule has 19 heavy (non-hydrogen) atoms. The van der Waals surface area contributed by atoms with Crippen LogP contribution in [0.4, 0.5) is 0 Å². The first-order valence-electron chi connectivity index (χ1n) is 5.32. The topological polar surface area (TPSA) is 51.8 Å². The minimum absolute atomic E-state index is 0. The van der Waals surface area contributed by atoms with Gasteiger partial charge in [0, 0.05) is 23.3 Å². The van der Waals surface area contributed by atoms with E-state index in [-0.39, 0.29) is 49.6 Å². The van der Waals surface area contributed by atoms with Crippen molar-refractivity contribution in [3.63, 3.8) is 0 Å². The molecule has 0 fully saturated rings. The minimum Gasteiger partial charge on any atom is -0.327 e. The van der Waals surface area contributed by atoms with Crippen molar-refractivity contribution in [2.75, 3.05) is 0 Å². The Hall–Kier alpha value is -0.320. The number of pyridine rings is 2. The third-order valence-electron chi connectivity index (χ3n) is 2.99. The zero-order valence-electron chi connectivity index (χ0n) is 10.1. The third kappa shape index (κ3) is 4.33. The summed E-state index contributed by atoms with van der Waals surface area (Å²) < 4.78 is 0. The van der Waals surface area contributed by atoms with Crippen LogP contribution >= 0.6 is 49.6 Å². The van der Waals surface area contributed by atoms with E-state index in [0.717, 1.165) is 30.3 Å². The molecule has 0 bridgehead atoms. The van der Waals surface area contributed by atoms with Gasteiger partial charge in [-0.15, -0.1) is 49.6 Å². The molecule has 0 saturated heterocycles. The van der Waals surface area contributed by atoms with Gasteiger partial charge < -0.3 is 5.73 Å². The van der Waals surface area contributed by atoms with Crippen molar-refractivity contribution in [3.05, 3.63) is 35.7 Å². The first-order chi connectivity index (χ1) is 7.33. The average molecular weight is 345 g/mol. The molecule has 0 spiro atoms. The van der Waals surface area contributed by atoms with Gasteiger partial charge in [0.1, 0.15) is 0 Å². The first kappa shape index (κ1) is 21.0. The van der Waals surface area contributed by atoms with Crippen LogP contribution in [0.25, 0.3) is 11.0 Å². The highest BCUT2D eigenvalue weighted by atomic mass is 35.5. The molecule has 108 valence electrons. The van der Waals surface area contributed by atoms with Crippen LogP contribution in [-0.2, 0) is 12.8 Å². The number of fused-ring (bicyclic) bond motifs is 2. The molecule has 3 nitrogen and oxygen atoms in total. The number of hydrogen-bond acceptors (Lipinski definition) is 3. The third-order valence-corrected chi connectivity index (χ3v) is 2.99. The molecule has 0 saturated carbocycles. The van der Waals surface area contributed by atoms with Crippen LogP contribution in [0.5, 0.6) is 0 Å². The Kier molecular flexibility index (Phi) is 9.69. The fourth-order valence-electron chi connectivity index (χ4n) is 2.19. The molecular formula is C12H17Cl4N3. The van der Waals surface area contributed by atoms with E-state index in [1.165, 1.54) is 11.3 Å². The molecule has 1 atom stereocenters. The van der Waals surface area contributed by atoms with E-state index in [1.807, 2.05) is 6.07 Å². The van der Waals surface area contributed by atoms with Crippen LogP contribution in [0.3, 0.4) is 0 Å². The summed E-state index contributed by atoms with van der Waals surface area (Å²) in [4.78, 5) is 8.85. The molecule has 0 radical (unpaired) electrons. The van der Waals surface area contributed by atoms with Gasteiger partial charge in [0.15, 0.2) is 5.65 Å². The van der Waals surface area contributed by atoms with Crippen molar-refractivity contribution in [2.45, 2.75) is 25.3 Å². The van der Waals surface area contributed by atoms with E-state index in [0.29, 0.717) is 6.04 Å². The molecule has 0 amide bonds. The van der Waals surface area contributed by atoms with Crippen LogP contribution in [0.1, 0.15) is 17.7 Å². The highest BCUT2D eigenvalue weighted by molar-refractivity contribution is 5.86.